The second kappa shape index (κ2) is 5.66. The molecule has 2 amide bonds. The van der Waals surface area contributed by atoms with Crippen molar-refractivity contribution in [2.45, 2.75) is 65.5 Å². The molecule has 1 unspecified atom stereocenters. The minimum absolute atomic E-state index is 0.346. The molecule has 0 aromatic heterocycles. The minimum atomic E-state index is -2.65. The molecule has 6 heteroatoms. The van der Waals surface area contributed by atoms with Gasteiger partial charge in [-0.05, 0) is 18.3 Å². The molecular formula is C14H24F2N2O2. The van der Waals surface area contributed by atoms with Crippen molar-refractivity contribution >= 4 is 11.8 Å². The van der Waals surface area contributed by atoms with Gasteiger partial charge in [0.05, 0.1) is 6.54 Å². The standard InChI is InChI=1S/C14H24F2N2O2/c1-6-14(7-2)12(20)18(8-9(15)16)10(11(19)17-14)13(3,4)5/h9-10H,6-8H2,1-5H3,(H,17,19). The van der Waals surface area contributed by atoms with Gasteiger partial charge in [0.1, 0.15) is 11.6 Å². The highest BCUT2D eigenvalue weighted by atomic mass is 19.3. The lowest BCUT2D eigenvalue weighted by Gasteiger charge is -2.49. The minimum Gasteiger partial charge on any atom is -0.340 e. The number of nitrogens with zero attached hydrogens (tertiary/aromatic N) is 1. The summed E-state index contributed by atoms with van der Waals surface area (Å²) in [4.78, 5) is 26.1. The fourth-order valence-corrected chi connectivity index (χ4v) is 2.82. The second-order valence-electron chi connectivity index (χ2n) is 6.40. The van der Waals surface area contributed by atoms with E-state index in [1.54, 1.807) is 34.6 Å². The van der Waals surface area contributed by atoms with Crippen LogP contribution in [0.25, 0.3) is 0 Å². The van der Waals surface area contributed by atoms with Crippen molar-refractivity contribution in [1.82, 2.24) is 10.2 Å². The highest BCUT2D eigenvalue weighted by molar-refractivity contribution is 6.00. The summed E-state index contributed by atoms with van der Waals surface area (Å²) in [6.45, 7) is 8.17. The smallest absolute Gasteiger partial charge is 0.255 e. The number of amides is 2. The van der Waals surface area contributed by atoms with Crippen LogP contribution in [0.4, 0.5) is 8.78 Å². The predicted octanol–water partition coefficient (Wildman–Crippen LogP) is 2.18. The van der Waals surface area contributed by atoms with Gasteiger partial charge in [0.15, 0.2) is 0 Å². The number of rotatable bonds is 4. The van der Waals surface area contributed by atoms with Crippen LogP contribution < -0.4 is 5.32 Å². The Morgan fingerprint density at radius 1 is 1.25 bits per heavy atom. The summed E-state index contributed by atoms with van der Waals surface area (Å²) in [5.41, 5.74) is -1.64. The summed E-state index contributed by atoms with van der Waals surface area (Å²) in [6.07, 6.45) is -1.86. The molecule has 20 heavy (non-hydrogen) atoms. The summed E-state index contributed by atoms with van der Waals surface area (Å²) in [5, 5.41) is 2.76. The van der Waals surface area contributed by atoms with Gasteiger partial charge in [-0.3, -0.25) is 9.59 Å². The Labute approximate surface area is 118 Å². The first-order chi connectivity index (χ1) is 9.09. The molecule has 116 valence electrons. The lowest BCUT2D eigenvalue weighted by atomic mass is 9.79. The maximum absolute atomic E-state index is 12.8. The van der Waals surface area contributed by atoms with Crippen molar-refractivity contribution in [3.05, 3.63) is 0 Å². The van der Waals surface area contributed by atoms with Crippen LogP contribution in [0.1, 0.15) is 47.5 Å². The van der Waals surface area contributed by atoms with E-state index in [0.717, 1.165) is 4.90 Å². The Morgan fingerprint density at radius 3 is 2.10 bits per heavy atom. The van der Waals surface area contributed by atoms with Crippen LogP contribution >= 0.6 is 0 Å². The summed E-state index contributed by atoms with van der Waals surface area (Å²) < 4.78 is 25.6. The van der Waals surface area contributed by atoms with Gasteiger partial charge >= 0.3 is 0 Å². The third kappa shape index (κ3) is 2.94. The molecule has 0 bridgehead atoms. The van der Waals surface area contributed by atoms with E-state index in [0.29, 0.717) is 12.8 Å². The lowest BCUT2D eigenvalue weighted by Crippen LogP contribution is -2.72. The molecule has 1 N–H and O–H groups in total. The van der Waals surface area contributed by atoms with Crippen molar-refractivity contribution in [2.75, 3.05) is 6.54 Å². The number of piperazine rings is 1. The molecular weight excluding hydrogens is 266 g/mol. The Morgan fingerprint density at radius 2 is 1.75 bits per heavy atom. The Balaban J connectivity index is 3.24. The zero-order valence-electron chi connectivity index (χ0n) is 12.8. The van der Waals surface area contributed by atoms with Gasteiger partial charge in [-0.25, -0.2) is 8.78 Å². The third-order valence-electron chi connectivity index (χ3n) is 3.95. The molecule has 0 aliphatic carbocycles. The van der Waals surface area contributed by atoms with E-state index in [2.05, 4.69) is 5.32 Å². The largest absolute Gasteiger partial charge is 0.340 e. The molecule has 0 aromatic rings. The number of carbonyl (C=O) groups is 2. The number of nitrogens with one attached hydrogen (secondary N) is 1. The van der Waals surface area contributed by atoms with Crippen LogP contribution in [0.5, 0.6) is 0 Å². The normalized spacial score (nSPS) is 23.2. The van der Waals surface area contributed by atoms with Crippen molar-refractivity contribution in [1.29, 1.82) is 0 Å². The molecule has 1 aliphatic rings. The lowest BCUT2D eigenvalue weighted by molar-refractivity contribution is -0.162. The maximum atomic E-state index is 12.8. The van der Waals surface area contributed by atoms with Crippen LogP contribution in [0, 0.1) is 5.41 Å². The molecule has 1 saturated heterocycles. The van der Waals surface area contributed by atoms with Crippen LogP contribution in [-0.4, -0.2) is 41.3 Å². The monoisotopic (exact) mass is 290 g/mol. The number of hydrogen-bond acceptors (Lipinski definition) is 2. The molecule has 1 atom stereocenters. The average molecular weight is 290 g/mol. The molecule has 1 rings (SSSR count). The molecule has 1 aliphatic heterocycles. The summed E-state index contributed by atoms with van der Waals surface area (Å²) >= 11 is 0. The van der Waals surface area contributed by atoms with Gasteiger partial charge in [-0.1, -0.05) is 34.6 Å². The van der Waals surface area contributed by atoms with E-state index in [9.17, 15) is 18.4 Å². The van der Waals surface area contributed by atoms with Crippen LogP contribution in [0.2, 0.25) is 0 Å². The fourth-order valence-electron chi connectivity index (χ4n) is 2.82. The molecule has 0 radical (unpaired) electrons. The van der Waals surface area contributed by atoms with Gasteiger partial charge in [-0.15, -0.1) is 0 Å². The first-order valence-corrected chi connectivity index (χ1v) is 7.00. The zero-order chi connectivity index (χ0) is 15.7. The Hall–Kier alpha value is -1.20. The highest BCUT2D eigenvalue weighted by Gasteiger charge is 2.52. The van der Waals surface area contributed by atoms with E-state index < -0.39 is 35.9 Å². The van der Waals surface area contributed by atoms with Crippen LogP contribution in [0.3, 0.4) is 0 Å². The maximum Gasteiger partial charge on any atom is 0.255 e. The van der Waals surface area contributed by atoms with E-state index in [4.69, 9.17) is 0 Å². The fraction of sp³-hybridized carbons (Fsp3) is 0.857. The van der Waals surface area contributed by atoms with E-state index in [1.807, 2.05) is 0 Å². The third-order valence-corrected chi connectivity index (χ3v) is 3.95. The Bertz CT molecular complexity index is 387. The van der Waals surface area contributed by atoms with Crippen molar-refractivity contribution in [3.8, 4) is 0 Å². The highest BCUT2D eigenvalue weighted by Crippen LogP contribution is 2.33. The number of halogens is 2. The molecule has 1 fully saturated rings. The van der Waals surface area contributed by atoms with Crippen molar-refractivity contribution < 1.29 is 18.4 Å². The van der Waals surface area contributed by atoms with E-state index in [-0.39, 0.29) is 5.91 Å². The predicted molar refractivity (Wildman–Crippen MR) is 72.4 cm³/mol. The SMILES string of the molecule is CCC1(CC)NC(=O)C(C(C)(C)C)N(CC(F)F)C1=O. The van der Waals surface area contributed by atoms with Crippen molar-refractivity contribution in [3.63, 3.8) is 0 Å². The van der Waals surface area contributed by atoms with Gasteiger partial charge in [0.25, 0.3) is 6.43 Å². The number of alkyl halides is 2. The average Bonchev–Trinajstić information content (AvgIpc) is 2.31. The van der Waals surface area contributed by atoms with Gasteiger partial charge in [0.2, 0.25) is 11.8 Å². The summed E-state index contributed by atoms with van der Waals surface area (Å²) in [7, 11) is 0. The first kappa shape index (κ1) is 16.9. The van der Waals surface area contributed by atoms with Gasteiger partial charge in [0, 0.05) is 0 Å². The molecule has 4 nitrogen and oxygen atoms in total. The molecule has 1 heterocycles. The summed E-state index contributed by atoms with van der Waals surface area (Å²) in [5.74, 6) is -0.747. The van der Waals surface area contributed by atoms with Gasteiger partial charge in [-0.2, -0.15) is 0 Å². The molecule has 0 saturated carbocycles. The number of carbonyl (C=O) groups excluding carboxylic acids is 2. The molecule has 0 spiro atoms. The number of hydrogen-bond donors (Lipinski definition) is 1. The van der Waals surface area contributed by atoms with Crippen molar-refractivity contribution in [2.24, 2.45) is 5.41 Å². The topological polar surface area (TPSA) is 49.4 Å². The summed E-state index contributed by atoms with van der Waals surface area (Å²) in [6, 6.07) is -0.866. The quantitative estimate of drug-likeness (QED) is 0.863. The van der Waals surface area contributed by atoms with Gasteiger partial charge < -0.3 is 10.2 Å². The van der Waals surface area contributed by atoms with Crippen LogP contribution in [0.15, 0.2) is 0 Å². The molecule has 0 aromatic carbocycles. The van der Waals surface area contributed by atoms with E-state index >= 15 is 0 Å². The van der Waals surface area contributed by atoms with E-state index in [1.165, 1.54) is 0 Å². The zero-order valence-corrected chi connectivity index (χ0v) is 12.8. The van der Waals surface area contributed by atoms with Crippen LogP contribution in [-0.2, 0) is 9.59 Å². The second-order valence-corrected chi connectivity index (χ2v) is 6.40. The first-order valence-electron chi connectivity index (χ1n) is 7.00. The Kier molecular flexibility index (Phi) is 4.77.